The number of amides is 1. The summed E-state index contributed by atoms with van der Waals surface area (Å²) in [7, 11) is 0. The number of aliphatic hydroxyl groups excluding tert-OH is 3. The van der Waals surface area contributed by atoms with E-state index in [4.69, 9.17) is 0 Å². The van der Waals surface area contributed by atoms with Gasteiger partial charge in [-0.3, -0.25) is 14.2 Å². The van der Waals surface area contributed by atoms with Crippen LogP contribution >= 0.6 is 23.1 Å². The number of halogens is 1. The first-order valence-electron chi connectivity index (χ1n) is 8.32. The number of thioether (sulfide) groups is 1. The molecule has 4 N–H and O–H groups in total. The molecule has 1 saturated carbocycles. The summed E-state index contributed by atoms with van der Waals surface area (Å²) >= 11 is 2.26. The molecule has 27 heavy (non-hydrogen) atoms. The fraction of sp³-hybridized carbons (Fsp3) is 0.412. The van der Waals surface area contributed by atoms with Gasteiger partial charge in [0.2, 0.25) is 5.91 Å². The molecule has 1 aliphatic carbocycles. The maximum absolute atomic E-state index is 12.9. The smallest absolute Gasteiger partial charge is 0.308 e. The van der Waals surface area contributed by atoms with Gasteiger partial charge >= 0.3 is 4.87 Å². The van der Waals surface area contributed by atoms with Gasteiger partial charge in [-0.25, -0.2) is 4.39 Å². The predicted octanol–water partition coefficient (Wildman–Crippen LogP) is 0.589. The van der Waals surface area contributed by atoms with E-state index < -0.39 is 36.0 Å². The van der Waals surface area contributed by atoms with Gasteiger partial charge in [0.1, 0.15) is 18.5 Å². The number of carbonyl (C=O) groups is 1. The number of carbonyl (C=O) groups excluding carboxylic acids is 1. The van der Waals surface area contributed by atoms with Crippen LogP contribution in [-0.2, 0) is 11.3 Å². The summed E-state index contributed by atoms with van der Waals surface area (Å²) in [4.78, 5) is 25.0. The molecule has 1 aromatic heterocycles. The Hall–Kier alpha value is -1.72. The Labute approximate surface area is 161 Å². The van der Waals surface area contributed by atoms with Crippen molar-refractivity contribution in [2.75, 3.05) is 11.1 Å². The fourth-order valence-electron chi connectivity index (χ4n) is 3.64. The standard InChI is InChI=1S/C17H17FN2O5S2/c18-7-1-3-8(4-2-7)19-10(21)5-20-16-15(27-17(20)25)11-9(6-26-16)12(22)14(24)13(11)23/h1-4,9,11-14,22-24H,5-6H2,(H,19,21)/t9-,11-,12-,13-,14+/m1/s1. The van der Waals surface area contributed by atoms with Crippen LogP contribution < -0.4 is 10.2 Å². The maximum Gasteiger partial charge on any atom is 0.308 e. The summed E-state index contributed by atoms with van der Waals surface area (Å²) in [6.07, 6.45) is -3.44. The Morgan fingerprint density at radius 1 is 1.19 bits per heavy atom. The van der Waals surface area contributed by atoms with Crippen LogP contribution in [0.2, 0.25) is 0 Å². The number of thiazole rings is 1. The van der Waals surface area contributed by atoms with E-state index in [1.165, 1.54) is 40.6 Å². The molecule has 0 saturated heterocycles. The average molecular weight is 412 g/mol. The number of nitrogens with zero attached hydrogens (tertiary/aromatic N) is 1. The molecule has 2 aliphatic rings. The third-order valence-electron chi connectivity index (χ3n) is 4.99. The molecule has 2 aromatic rings. The van der Waals surface area contributed by atoms with E-state index in [9.17, 15) is 29.3 Å². The van der Waals surface area contributed by atoms with Gasteiger partial charge in [0.05, 0.1) is 17.2 Å². The van der Waals surface area contributed by atoms with Gasteiger partial charge in [0, 0.05) is 28.2 Å². The van der Waals surface area contributed by atoms with Crippen molar-refractivity contribution in [2.24, 2.45) is 5.92 Å². The fourth-order valence-corrected chi connectivity index (χ4v) is 6.44. The van der Waals surface area contributed by atoms with Crippen LogP contribution in [0.5, 0.6) is 0 Å². The minimum atomic E-state index is -1.25. The van der Waals surface area contributed by atoms with Crippen molar-refractivity contribution in [2.45, 2.75) is 35.8 Å². The molecule has 0 unspecified atom stereocenters. The SMILES string of the molecule is O=C(Cn1c2c(sc1=O)[C@H]1[C@@H](O)[C@@H](O)[C@H](O)[C@@H]1CS2)Nc1ccc(F)cc1. The molecule has 0 bridgehead atoms. The zero-order valence-corrected chi connectivity index (χ0v) is 15.5. The van der Waals surface area contributed by atoms with Crippen molar-refractivity contribution in [1.29, 1.82) is 0 Å². The van der Waals surface area contributed by atoms with E-state index in [0.717, 1.165) is 11.3 Å². The molecular formula is C17H17FN2O5S2. The highest BCUT2D eigenvalue weighted by atomic mass is 32.2. The molecule has 2 heterocycles. The number of hydrogen-bond acceptors (Lipinski definition) is 7. The van der Waals surface area contributed by atoms with Crippen molar-refractivity contribution in [3.63, 3.8) is 0 Å². The third-order valence-corrected chi connectivity index (χ3v) is 7.46. The van der Waals surface area contributed by atoms with Gasteiger partial charge in [0.25, 0.3) is 0 Å². The molecule has 1 amide bonds. The maximum atomic E-state index is 12.9. The number of fused-ring (bicyclic) bond motifs is 3. The average Bonchev–Trinajstić information content (AvgIpc) is 3.06. The summed E-state index contributed by atoms with van der Waals surface area (Å²) in [5.41, 5.74) is 0.420. The van der Waals surface area contributed by atoms with Crippen molar-refractivity contribution in [3.8, 4) is 0 Å². The Kier molecular flexibility index (Phi) is 4.85. The van der Waals surface area contributed by atoms with Crippen LogP contribution in [0.1, 0.15) is 10.8 Å². The van der Waals surface area contributed by atoms with E-state index in [-0.39, 0.29) is 17.3 Å². The van der Waals surface area contributed by atoms with Crippen LogP contribution in [0.4, 0.5) is 10.1 Å². The molecule has 0 spiro atoms. The number of rotatable bonds is 3. The topological polar surface area (TPSA) is 112 Å². The first-order valence-corrected chi connectivity index (χ1v) is 10.1. The molecule has 4 rings (SSSR count). The molecule has 1 aliphatic heterocycles. The Morgan fingerprint density at radius 3 is 2.59 bits per heavy atom. The number of nitrogens with one attached hydrogen (secondary N) is 1. The van der Waals surface area contributed by atoms with Crippen molar-refractivity contribution >= 4 is 34.7 Å². The lowest BCUT2D eigenvalue weighted by Gasteiger charge is -2.27. The molecule has 7 nitrogen and oxygen atoms in total. The van der Waals surface area contributed by atoms with Crippen LogP contribution in [-0.4, -0.2) is 49.9 Å². The molecular weight excluding hydrogens is 395 g/mol. The van der Waals surface area contributed by atoms with Gasteiger partial charge < -0.3 is 20.6 Å². The van der Waals surface area contributed by atoms with Crippen LogP contribution in [0.25, 0.3) is 0 Å². The zero-order valence-electron chi connectivity index (χ0n) is 13.9. The third kappa shape index (κ3) is 3.21. The van der Waals surface area contributed by atoms with E-state index in [1.807, 2.05) is 0 Å². The minimum Gasteiger partial charge on any atom is -0.390 e. The van der Waals surface area contributed by atoms with Gasteiger partial charge in [-0.1, -0.05) is 11.3 Å². The quantitative estimate of drug-likeness (QED) is 0.587. The largest absolute Gasteiger partial charge is 0.390 e. The summed E-state index contributed by atoms with van der Waals surface area (Å²) in [5, 5.41) is 33.5. The first kappa shape index (κ1) is 18.6. The Balaban J connectivity index is 1.57. The van der Waals surface area contributed by atoms with E-state index in [0.29, 0.717) is 21.3 Å². The van der Waals surface area contributed by atoms with E-state index in [2.05, 4.69) is 5.32 Å². The Morgan fingerprint density at radius 2 is 1.89 bits per heavy atom. The predicted molar refractivity (Wildman–Crippen MR) is 98.6 cm³/mol. The number of benzene rings is 1. The minimum absolute atomic E-state index is 0.215. The highest BCUT2D eigenvalue weighted by Gasteiger charge is 2.53. The zero-order chi connectivity index (χ0) is 19.3. The number of aliphatic hydroxyl groups is 3. The Bertz CT molecular complexity index is 928. The second kappa shape index (κ2) is 7.02. The van der Waals surface area contributed by atoms with E-state index >= 15 is 0 Å². The second-order valence-corrected chi connectivity index (χ2v) is 8.65. The summed E-state index contributed by atoms with van der Waals surface area (Å²) in [6.45, 7) is -0.215. The van der Waals surface area contributed by atoms with Gasteiger partial charge in [-0.05, 0) is 24.3 Å². The number of aromatic nitrogens is 1. The molecule has 144 valence electrons. The molecule has 5 atom stereocenters. The summed E-state index contributed by atoms with van der Waals surface area (Å²) in [5.74, 6) is -1.28. The van der Waals surface area contributed by atoms with Crippen molar-refractivity contribution in [3.05, 3.63) is 44.6 Å². The van der Waals surface area contributed by atoms with Crippen LogP contribution in [0.15, 0.2) is 34.1 Å². The number of hydrogen-bond donors (Lipinski definition) is 4. The first-order chi connectivity index (χ1) is 12.9. The van der Waals surface area contributed by atoms with Crippen molar-refractivity contribution in [1.82, 2.24) is 4.57 Å². The second-order valence-electron chi connectivity index (χ2n) is 6.65. The molecule has 1 aromatic carbocycles. The molecule has 0 radical (unpaired) electrons. The lowest BCUT2D eigenvalue weighted by atomic mass is 9.94. The van der Waals surface area contributed by atoms with Crippen LogP contribution in [0, 0.1) is 11.7 Å². The lowest BCUT2D eigenvalue weighted by Crippen LogP contribution is -2.31. The lowest BCUT2D eigenvalue weighted by molar-refractivity contribution is -0.116. The van der Waals surface area contributed by atoms with Gasteiger partial charge in [-0.15, -0.1) is 11.8 Å². The summed E-state index contributed by atoms with van der Waals surface area (Å²) < 4.78 is 14.3. The van der Waals surface area contributed by atoms with E-state index in [1.54, 1.807) is 0 Å². The van der Waals surface area contributed by atoms with Gasteiger partial charge in [-0.2, -0.15) is 0 Å². The van der Waals surface area contributed by atoms with Gasteiger partial charge in [0.15, 0.2) is 0 Å². The van der Waals surface area contributed by atoms with Crippen molar-refractivity contribution < 1.29 is 24.5 Å². The molecule has 1 fully saturated rings. The van der Waals surface area contributed by atoms with Crippen LogP contribution in [0.3, 0.4) is 0 Å². The molecule has 10 heteroatoms. The summed E-state index contributed by atoms with van der Waals surface area (Å²) in [6, 6.07) is 5.30. The number of anilines is 1. The highest BCUT2D eigenvalue weighted by molar-refractivity contribution is 7.99. The monoisotopic (exact) mass is 412 g/mol. The highest BCUT2D eigenvalue weighted by Crippen LogP contribution is 2.50. The normalized spacial score (nSPS) is 29.3.